The smallest absolute Gasteiger partial charge is 0.307 e. The molecular weight excluding hydrogens is 222 g/mol. The lowest BCUT2D eigenvalue weighted by atomic mass is 10.1. The number of aliphatic carboxylic acids is 1. The van der Waals surface area contributed by atoms with Gasteiger partial charge in [-0.3, -0.25) is 4.79 Å². The van der Waals surface area contributed by atoms with Crippen LogP contribution in [-0.2, 0) is 4.79 Å². The molecule has 2 N–H and O–H groups in total. The molecule has 3 nitrogen and oxygen atoms in total. The number of benzene rings is 1. The minimum absolute atomic E-state index is 0.158. The second-order valence-electron chi connectivity index (χ2n) is 4.32. The molecule has 3 rings (SSSR count). The third kappa shape index (κ3) is 1.67. The van der Waals surface area contributed by atoms with Crippen LogP contribution in [0.2, 0.25) is 0 Å². The van der Waals surface area contributed by atoms with Gasteiger partial charge in [-0.2, -0.15) is 0 Å². The van der Waals surface area contributed by atoms with E-state index in [1.807, 2.05) is 11.8 Å². The summed E-state index contributed by atoms with van der Waals surface area (Å²) in [5, 5.41) is 12.3. The lowest BCUT2D eigenvalue weighted by Gasteiger charge is -2.18. The highest BCUT2D eigenvalue weighted by molar-refractivity contribution is 7.99. The van der Waals surface area contributed by atoms with Crippen LogP contribution in [0.5, 0.6) is 0 Å². The Morgan fingerprint density at radius 1 is 1.50 bits per heavy atom. The van der Waals surface area contributed by atoms with Gasteiger partial charge in [0.2, 0.25) is 0 Å². The third-order valence-electron chi connectivity index (χ3n) is 3.21. The van der Waals surface area contributed by atoms with Crippen LogP contribution in [0.4, 0.5) is 5.69 Å². The first-order chi connectivity index (χ1) is 7.75. The number of carboxylic acids is 1. The van der Waals surface area contributed by atoms with Crippen LogP contribution in [0, 0.1) is 5.92 Å². The van der Waals surface area contributed by atoms with E-state index in [-0.39, 0.29) is 11.8 Å². The first-order valence-electron chi connectivity index (χ1n) is 5.49. The van der Waals surface area contributed by atoms with Crippen LogP contribution in [0.3, 0.4) is 0 Å². The van der Waals surface area contributed by atoms with Crippen molar-refractivity contribution in [2.75, 3.05) is 17.6 Å². The van der Waals surface area contributed by atoms with Gasteiger partial charge < -0.3 is 10.4 Å². The summed E-state index contributed by atoms with van der Waals surface area (Å²) in [7, 11) is 0. The van der Waals surface area contributed by atoms with Crippen molar-refractivity contribution in [1.82, 2.24) is 0 Å². The molecule has 16 heavy (non-hydrogen) atoms. The number of carboxylic acid groups (broad SMARTS) is 1. The van der Waals surface area contributed by atoms with E-state index >= 15 is 0 Å². The van der Waals surface area contributed by atoms with Crippen molar-refractivity contribution in [2.24, 2.45) is 5.92 Å². The molecular formula is C12H13NO2S. The molecule has 1 fully saturated rings. The van der Waals surface area contributed by atoms with Crippen molar-refractivity contribution >= 4 is 23.4 Å². The largest absolute Gasteiger partial charge is 0.481 e. The molecule has 4 heteroatoms. The highest BCUT2D eigenvalue weighted by Crippen LogP contribution is 2.49. The highest BCUT2D eigenvalue weighted by Gasteiger charge is 2.44. The first-order valence-corrected chi connectivity index (χ1v) is 6.47. The molecule has 2 aliphatic rings. The molecule has 0 radical (unpaired) electrons. The van der Waals surface area contributed by atoms with E-state index in [0.717, 1.165) is 18.7 Å². The third-order valence-corrected chi connectivity index (χ3v) is 4.29. The molecule has 0 saturated heterocycles. The molecule has 1 aliphatic carbocycles. The summed E-state index contributed by atoms with van der Waals surface area (Å²) in [6.45, 7) is 0.994. The molecule has 0 amide bonds. The van der Waals surface area contributed by atoms with Gasteiger partial charge in [0.05, 0.1) is 5.92 Å². The summed E-state index contributed by atoms with van der Waals surface area (Å²) in [5.74, 6) is 0.518. The predicted octanol–water partition coefficient (Wildman–Crippen LogP) is 2.39. The van der Waals surface area contributed by atoms with Gasteiger partial charge in [0.15, 0.2) is 0 Å². The molecule has 84 valence electrons. The summed E-state index contributed by atoms with van der Waals surface area (Å²) in [6, 6.07) is 6.31. The summed E-state index contributed by atoms with van der Waals surface area (Å²) in [5.41, 5.74) is 2.34. The van der Waals surface area contributed by atoms with Gasteiger partial charge in [-0.1, -0.05) is 6.07 Å². The fourth-order valence-corrected chi connectivity index (χ4v) is 3.10. The molecule has 0 aromatic heterocycles. The second kappa shape index (κ2) is 3.70. The maximum absolute atomic E-state index is 10.8. The first kappa shape index (κ1) is 10.0. The van der Waals surface area contributed by atoms with E-state index in [0.29, 0.717) is 0 Å². The number of nitrogens with one attached hydrogen (secondary N) is 1. The molecule has 0 bridgehead atoms. The van der Waals surface area contributed by atoms with Crippen LogP contribution < -0.4 is 5.32 Å². The van der Waals surface area contributed by atoms with E-state index in [9.17, 15) is 4.79 Å². The molecule has 0 spiro atoms. The number of rotatable bonds is 2. The predicted molar refractivity (Wildman–Crippen MR) is 64.1 cm³/mol. The molecule has 1 aliphatic heterocycles. The molecule has 1 heterocycles. The fraction of sp³-hybridized carbons (Fsp3) is 0.417. The van der Waals surface area contributed by atoms with Gasteiger partial charge in [-0.05, 0) is 30.0 Å². The fourth-order valence-electron chi connectivity index (χ4n) is 2.23. The molecule has 1 saturated carbocycles. The molecule has 2 atom stereocenters. The van der Waals surface area contributed by atoms with E-state index in [1.54, 1.807) is 0 Å². The maximum Gasteiger partial charge on any atom is 0.307 e. The van der Waals surface area contributed by atoms with Gasteiger partial charge >= 0.3 is 5.97 Å². The van der Waals surface area contributed by atoms with Crippen molar-refractivity contribution in [3.8, 4) is 0 Å². The Morgan fingerprint density at radius 2 is 2.38 bits per heavy atom. The Kier molecular flexibility index (Phi) is 2.32. The minimum Gasteiger partial charge on any atom is -0.481 e. The summed E-state index contributed by atoms with van der Waals surface area (Å²) < 4.78 is 0. The van der Waals surface area contributed by atoms with Gasteiger partial charge in [0, 0.05) is 22.9 Å². The zero-order valence-corrected chi connectivity index (χ0v) is 9.59. The normalized spacial score (nSPS) is 26.8. The van der Waals surface area contributed by atoms with Crippen molar-refractivity contribution < 1.29 is 9.90 Å². The topological polar surface area (TPSA) is 49.3 Å². The highest BCUT2D eigenvalue weighted by atomic mass is 32.2. The number of hydrogen-bond acceptors (Lipinski definition) is 3. The van der Waals surface area contributed by atoms with Crippen molar-refractivity contribution in [3.05, 3.63) is 23.8 Å². The van der Waals surface area contributed by atoms with E-state index in [2.05, 4.69) is 23.5 Å². The van der Waals surface area contributed by atoms with E-state index in [4.69, 9.17) is 5.11 Å². The van der Waals surface area contributed by atoms with Crippen LogP contribution >= 0.6 is 11.8 Å². The molecule has 1 aromatic rings. The summed E-state index contributed by atoms with van der Waals surface area (Å²) >= 11 is 1.86. The van der Waals surface area contributed by atoms with Crippen LogP contribution in [0.1, 0.15) is 17.9 Å². The van der Waals surface area contributed by atoms with Crippen molar-refractivity contribution in [2.45, 2.75) is 17.2 Å². The lowest BCUT2D eigenvalue weighted by Crippen LogP contribution is -2.10. The number of anilines is 1. The zero-order chi connectivity index (χ0) is 11.1. The number of thioether (sulfide) groups is 1. The second-order valence-corrected chi connectivity index (χ2v) is 5.45. The number of carbonyl (C=O) groups is 1. The molecule has 1 aromatic carbocycles. The average Bonchev–Trinajstić information content (AvgIpc) is 3.08. The van der Waals surface area contributed by atoms with Gasteiger partial charge in [0.1, 0.15) is 0 Å². The van der Waals surface area contributed by atoms with Gasteiger partial charge in [0.25, 0.3) is 0 Å². The van der Waals surface area contributed by atoms with Gasteiger partial charge in [-0.25, -0.2) is 0 Å². The van der Waals surface area contributed by atoms with E-state index < -0.39 is 5.97 Å². The number of hydrogen-bond donors (Lipinski definition) is 2. The Morgan fingerprint density at radius 3 is 3.12 bits per heavy atom. The Labute approximate surface area is 98.2 Å². The standard InChI is InChI=1S/C12H13NO2S/c14-12(15)9-6-8(9)7-1-2-11-10(5-7)13-3-4-16-11/h1-2,5,8-9,13H,3-4,6H2,(H,14,15). The summed E-state index contributed by atoms with van der Waals surface area (Å²) in [6.07, 6.45) is 0.793. The number of fused-ring (bicyclic) bond motifs is 1. The lowest BCUT2D eigenvalue weighted by molar-refractivity contribution is -0.138. The Bertz CT molecular complexity index is 447. The van der Waals surface area contributed by atoms with Crippen molar-refractivity contribution in [3.63, 3.8) is 0 Å². The summed E-state index contributed by atoms with van der Waals surface area (Å²) in [4.78, 5) is 12.1. The van der Waals surface area contributed by atoms with Gasteiger partial charge in [-0.15, -0.1) is 11.8 Å². The SMILES string of the molecule is O=C(O)C1CC1c1ccc2c(c1)NCCS2. The van der Waals surface area contributed by atoms with Crippen LogP contribution in [0.15, 0.2) is 23.1 Å². The Balaban J connectivity index is 1.85. The zero-order valence-electron chi connectivity index (χ0n) is 8.77. The van der Waals surface area contributed by atoms with Crippen LogP contribution in [-0.4, -0.2) is 23.4 Å². The average molecular weight is 235 g/mol. The minimum atomic E-state index is -0.662. The quantitative estimate of drug-likeness (QED) is 0.826. The van der Waals surface area contributed by atoms with Crippen molar-refractivity contribution in [1.29, 1.82) is 0 Å². The molecule has 2 unspecified atom stereocenters. The van der Waals surface area contributed by atoms with Crippen LogP contribution in [0.25, 0.3) is 0 Å². The van der Waals surface area contributed by atoms with E-state index in [1.165, 1.54) is 16.1 Å². The maximum atomic E-state index is 10.8. The Hall–Kier alpha value is -1.16. The monoisotopic (exact) mass is 235 g/mol.